The first kappa shape index (κ1) is 6.93. The molecule has 0 bridgehead atoms. The number of ketones is 2. The lowest BCUT2D eigenvalue weighted by Crippen LogP contribution is -1.95. The lowest BCUT2D eigenvalue weighted by Gasteiger charge is -1.87. The van der Waals surface area contributed by atoms with Gasteiger partial charge in [-0.3, -0.25) is 9.59 Å². The fourth-order valence-corrected chi connectivity index (χ4v) is 1.000. The van der Waals surface area contributed by atoms with E-state index in [1.807, 2.05) is 0 Å². The molecular weight excluding hydrogens is 128 g/mol. The molecule has 2 heteroatoms. The summed E-state index contributed by atoms with van der Waals surface area (Å²) >= 11 is 0. The molecule has 0 aromatic rings. The second-order valence-corrected chi connectivity index (χ2v) is 2.27. The lowest BCUT2D eigenvalue weighted by atomic mass is 10.2. The van der Waals surface area contributed by atoms with Crippen LogP contribution in [0.2, 0.25) is 0 Å². The topological polar surface area (TPSA) is 34.1 Å². The highest BCUT2D eigenvalue weighted by molar-refractivity contribution is 6.23. The van der Waals surface area contributed by atoms with Crippen molar-refractivity contribution in [3.05, 3.63) is 23.8 Å². The third-order valence-corrected chi connectivity index (χ3v) is 1.65. The van der Waals surface area contributed by atoms with Gasteiger partial charge in [-0.2, -0.15) is 0 Å². The van der Waals surface area contributed by atoms with Gasteiger partial charge in [0.15, 0.2) is 11.6 Å². The van der Waals surface area contributed by atoms with E-state index in [1.165, 1.54) is 6.08 Å². The summed E-state index contributed by atoms with van der Waals surface area (Å²) in [5.41, 5.74) is 1.05. The minimum absolute atomic E-state index is 0.0349. The average Bonchev–Trinajstić information content (AvgIpc) is 2.09. The third-order valence-electron chi connectivity index (χ3n) is 1.65. The standard InChI is InChI=1S/C8H8O2/c1-3-6-5(2)7(9)4-8(6)10/h3H,1,4H2,2H3. The molecule has 0 amide bonds. The number of carbonyl (C=O) groups is 2. The predicted octanol–water partition coefficient (Wildman–Crippen LogP) is 1.03. The van der Waals surface area contributed by atoms with E-state index in [-0.39, 0.29) is 18.0 Å². The molecule has 0 aromatic heterocycles. The van der Waals surface area contributed by atoms with Gasteiger partial charge in [-0.15, -0.1) is 0 Å². The van der Waals surface area contributed by atoms with Crippen LogP contribution in [0.5, 0.6) is 0 Å². The second kappa shape index (κ2) is 2.21. The van der Waals surface area contributed by atoms with Gasteiger partial charge in [-0.1, -0.05) is 12.7 Å². The molecule has 2 nitrogen and oxygen atoms in total. The van der Waals surface area contributed by atoms with Crippen LogP contribution in [0.1, 0.15) is 13.3 Å². The Labute approximate surface area is 59.2 Å². The number of carbonyl (C=O) groups excluding carboxylic acids is 2. The molecule has 0 N–H and O–H groups in total. The number of Topliss-reactive ketones (excluding diaryl/α,β-unsaturated/α-hetero) is 2. The van der Waals surface area contributed by atoms with Crippen molar-refractivity contribution < 1.29 is 9.59 Å². The van der Waals surface area contributed by atoms with Crippen LogP contribution in [0.25, 0.3) is 0 Å². The molecule has 0 saturated carbocycles. The Morgan fingerprint density at radius 3 is 2.20 bits per heavy atom. The third kappa shape index (κ3) is 0.817. The first-order chi connectivity index (χ1) is 4.66. The van der Waals surface area contributed by atoms with Crippen molar-refractivity contribution in [3.8, 4) is 0 Å². The zero-order chi connectivity index (χ0) is 7.72. The van der Waals surface area contributed by atoms with Gasteiger partial charge in [0.05, 0.1) is 6.42 Å². The summed E-state index contributed by atoms with van der Waals surface area (Å²) in [6.45, 7) is 5.10. The molecule has 10 heavy (non-hydrogen) atoms. The Morgan fingerprint density at radius 1 is 1.40 bits per heavy atom. The van der Waals surface area contributed by atoms with Crippen LogP contribution in [0.4, 0.5) is 0 Å². The van der Waals surface area contributed by atoms with Gasteiger partial charge in [-0.25, -0.2) is 0 Å². The molecule has 0 spiro atoms. The predicted molar refractivity (Wildman–Crippen MR) is 37.5 cm³/mol. The smallest absolute Gasteiger partial charge is 0.170 e. The van der Waals surface area contributed by atoms with Gasteiger partial charge in [0.1, 0.15) is 0 Å². The SMILES string of the molecule is C=CC1=C(C)C(=O)CC1=O. The summed E-state index contributed by atoms with van der Waals surface area (Å²) in [5, 5.41) is 0. The van der Waals surface area contributed by atoms with E-state index in [9.17, 15) is 9.59 Å². The number of hydrogen-bond acceptors (Lipinski definition) is 2. The number of hydrogen-bond donors (Lipinski definition) is 0. The largest absolute Gasteiger partial charge is 0.294 e. The van der Waals surface area contributed by atoms with Crippen LogP contribution in [0.15, 0.2) is 23.8 Å². The van der Waals surface area contributed by atoms with E-state index in [4.69, 9.17) is 0 Å². The minimum atomic E-state index is -0.0995. The molecule has 1 aliphatic carbocycles. The van der Waals surface area contributed by atoms with E-state index in [0.717, 1.165) is 0 Å². The summed E-state index contributed by atoms with van der Waals surface area (Å²) in [4.78, 5) is 21.7. The molecule has 0 saturated heterocycles. The number of rotatable bonds is 1. The quantitative estimate of drug-likeness (QED) is 0.504. The highest BCUT2D eigenvalue weighted by Crippen LogP contribution is 2.19. The zero-order valence-electron chi connectivity index (χ0n) is 5.81. The van der Waals surface area contributed by atoms with Crippen LogP contribution in [-0.2, 0) is 9.59 Å². The van der Waals surface area contributed by atoms with Gasteiger partial charge in [0.2, 0.25) is 0 Å². The van der Waals surface area contributed by atoms with Crippen molar-refractivity contribution in [3.63, 3.8) is 0 Å². The molecule has 0 fully saturated rings. The Hall–Kier alpha value is -1.18. The summed E-state index contributed by atoms with van der Waals surface area (Å²) in [5.74, 6) is -0.169. The molecule has 1 rings (SSSR count). The Kier molecular flexibility index (Phi) is 1.53. The minimum Gasteiger partial charge on any atom is -0.294 e. The van der Waals surface area contributed by atoms with E-state index in [2.05, 4.69) is 6.58 Å². The summed E-state index contributed by atoms with van der Waals surface area (Å²) < 4.78 is 0. The van der Waals surface area contributed by atoms with Crippen LogP contribution < -0.4 is 0 Å². The monoisotopic (exact) mass is 136 g/mol. The fourth-order valence-electron chi connectivity index (χ4n) is 1.000. The first-order valence-corrected chi connectivity index (χ1v) is 3.06. The van der Waals surface area contributed by atoms with Crippen molar-refractivity contribution in [1.82, 2.24) is 0 Å². The molecule has 0 atom stereocenters. The Balaban J connectivity index is 3.13. The maximum atomic E-state index is 10.9. The molecule has 0 unspecified atom stereocenters. The molecule has 0 heterocycles. The average molecular weight is 136 g/mol. The van der Waals surface area contributed by atoms with Gasteiger partial charge >= 0.3 is 0 Å². The molecule has 0 aromatic carbocycles. The molecule has 1 aliphatic rings. The Morgan fingerprint density at radius 2 is 2.00 bits per heavy atom. The van der Waals surface area contributed by atoms with Gasteiger partial charge in [0, 0.05) is 11.1 Å². The lowest BCUT2D eigenvalue weighted by molar-refractivity contribution is -0.120. The van der Waals surface area contributed by atoms with Crippen molar-refractivity contribution in [2.75, 3.05) is 0 Å². The maximum absolute atomic E-state index is 10.9. The van der Waals surface area contributed by atoms with Crippen molar-refractivity contribution >= 4 is 11.6 Å². The van der Waals surface area contributed by atoms with Crippen LogP contribution in [0, 0.1) is 0 Å². The molecule has 52 valence electrons. The van der Waals surface area contributed by atoms with E-state index < -0.39 is 0 Å². The molecular formula is C8H8O2. The van der Waals surface area contributed by atoms with Crippen molar-refractivity contribution in [2.24, 2.45) is 0 Å². The maximum Gasteiger partial charge on any atom is 0.170 e. The first-order valence-electron chi connectivity index (χ1n) is 3.06. The highest BCUT2D eigenvalue weighted by Gasteiger charge is 2.24. The van der Waals surface area contributed by atoms with Crippen molar-refractivity contribution in [2.45, 2.75) is 13.3 Å². The fraction of sp³-hybridized carbons (Fsp3) is 0.250. The Bertz CT molecular complexity index is 246. The van der Waals surface area contributed by atoms with E-state index in [1.54, 1.807) is 6.92 Å². The molecule has 0 radical (unpaired) electrons. The second-order valence-electron chi connectivity index (χ2n) is 2.27. The highest BCUT2D eigenvalue weighted by atomic mass is 16.2. The van der Waals surface area contributed by atoms with Crippen LogP contribution in [0.3, 0.4) is 0 Å². The summed E-state index contributed by atoms with van der Waals surface area (Å²) in [6, 6.07) is 0. The van der Waals surface area contributed by atoms with Gasteiger partial charge in [-0.05, 0) is 6.92 Å². The van der Waals surface area contributed by atoms with E-state index in [0.29, 0.717) is 11.1 Å². The zero-order valence-corrected chi connectivity index (χ0v) is 5.81. The number of allylic oxidation sites excluding steroid dienone is 3. The van der Waals surface area contributed by atoms with E-state index >= 15 is 0 Å². The van der Waals surface area contributed by atoms with Gasteiger partial charge < -0.3 is 0 Å². The van der Waals surface area contributed by atoms with Crippen LogP contribution >= 0.6 is 0 Å². The van der Waals surface area contributed by atoms with Gasteiger partial charge in [0.25, 0.3) is 0 Å². The molecule has 0 aliphatic heterocycles. The summed E-state index contributed by atoms with van der Waals surface area (Å²) in [7, 11) is 0. The van der Waals surface area contributed by atoms with Crippen LogP contribution in [-0.4, -0.2) is 11.6 Å². The normalized spacial score (nSPS) is 18.5. The van der Waals surface area contributed by atoms with Crippen molar-refractivity contribution in [1.29, 1.82) is 0 Å². The summed E-state index contributed by atoms with van der Waals surface area (Å²) in [6.07, 6.45) is 1.48.